The van der Waals surface area contributed by atoms with E-state index in [9.17, 15) is 4.79 Å². The highest BCUT2D eigenvalue weighted by atomic mass is 32.2. The van der Waals surface area contributed by atoms with Gasteiger partial charge in [0.05, 0.1) is 12.8 Å². The summed E-state index contributed by atoms with van der Waals surface area (Å²) in [6.07, 6.45) is 11.3. The van der Waals surface area contributed by atoms with E-state index in [-0.39, 0.29) is 5.97 Å². The van der Waals surface area contributed by atoms with E-state index in [2.05, 4.69) is 36.6 Å². The lowest BCUT2D eigenvalue weighted by atomic mass is 9.97. The number of aryl methyl sites for hydroxylation is 3. The number of esters is 1. The Balaban J connectivity index is 0.00000112. The van der Waals surface area contributed by atoms with Crippen LogP contribution in [0.25, 0.3) is 11.1 Å². The normalized spacial score (nSPS) is 14.4. The van der Waals surface area contributed by atoms with Crippen LogP contribution in [0.2, 0.25) is 0 Å². The summed E-state index contributed by atoms with van der Waals surface area (Å²) >= 11 is 2.01. The van der Waals surface area contributed by atoms with Gasteiger partial charge in [0.25, 0.3) is 0 Å². The van der Waals surface area contributed by atoms with E-state index in [0.717, 1.165) is 60.6 Å². The zero-order chi connectivity index (χ0) is 27.5. The molecule has 2 aliphatic rings. The minimum atomic E-state index is -0.192. The second kappa shape index (κ2) is 14.6. The largest absolute Gasteiger partial charge is 0.489 e. The SMILES string of the molecule is C#CC.COC(=O)CCc1ccc(OCc2ccc3c(c2)-c2ccc(OC4CCSCC4)nc2CCC3)cc1. The van der Waals surface area contributed by atoms with Crippen molar-refractivity contribution in [3.63, 3.8) is 0 Å². The molecule has 3 aromatic rings. The molecule has 0 atom stereocenters. The van der Waals surface area contributed by atoms with E-state index < -0.39 is 0 Å². The monoisotopic (exact) mass is 543 g/mol. The van der Waals surface area contributed by atoms with Crippen LogP contribution in [0.4, 0.5) is 0 Å². The fourth-order valence-electron chi connectivity index (χ4n) is 4.84. The number of hydrogen-bond donors (Lipinski definition) is 0. The standard InChI is InChI=1S/C30H33NO4S.C3H4/c1-33-30(32)14-8-21-6-10-24(11-7-21)34-20-22-5-9-23-3-2-4-28-26(27(23)19-22)12-13-29(31-28)35-25-15-17-36-18-16-25;1-3-2/h5-7,9-13,19,25H,2-4,8,14-18,20H2,1H3;1H,2H3. The number of benzene rings is 2. The molecule has 0 unspecified atom stereocenters. The van der Waals surface area contributed by atoms with Crippen LogP contribution >= 0.6 is 11.8 Å². The maximum atomic E-state index is 11.4. The van der Waals surface area contributed by atoms with E-state index in [0.29, 0.717) is 25.6 Å². The predicted octanol–water partition coefficient (Wildman–Crippen LogP) is 6.84. The first kappa shape index (κ1) is 28.6. The van der Waals surface area contributed by atoms with Crippen LogP contribution in [-0.4, -0.2) is 35.7 Å². The van der Waals surface area contributed by atoms with Gasteiger partial charge in [-0.25, -0.2) is 4.98 Å². The lowest BCUT2D eigenvalue weighted by molar-refractivity contribution is -0.140. The fourth-order valence-corrected chi connectivity index (χ4v) is 5.91. The third-order valence-electron chi connectivity index (χ3n) is 6.90. The van der Waals surface area contributed by atoms with E-state index in [4.69, 9.17) is 19.2 Å². The number of rotatable bonds is 8. The van der Waals surface area contributed by atoms with Crippen molar-refractivity contribution in [1.29, 1.82) is 0 Å². The number of aromatic nitrogens is 1. The van der Waals surface area contributed by atoms with Crippen LogP contribution in [0.3, 0.4) is 0 Å². The molecule has 5 nitrogen and oxygen atoms in total. The van der Waals surface area contributed by atoms with E-state index >= 15 is 0 Å². The number of terminal acetylenes is 1. The molecule has 204 valence electrons. The van der Waals surface area contributed by atoms with Crippen molar-refractivity contribution in [1.82, 2.24) is 4.98 Å². The van der Waals surface area contributed by atoms with Gasteiger partial charge in [-0.3, -0.25) is 4.79 Å². The Morgan fingerprint density at radius 1 is 1.03 bits per heavy atom. The maximum Gasteiger partial charge on any atom is 0.305 e. The molecule has 6 heteroatoms. The quantitative estimate of drug-likeness (QED) is 0.229. The van der Waals surface area contributed by atoms with Gasteiger partial charge in [-0.1, -0.05) is 24.3 Å². The molecule has 5 rings (SSSR count). The van der Waals surface area contributed by atoms with E-state index in [1.54, 1.807) is 6.92 Å². The first-order valence-electron chi connectivity index (χ1n) is 13.6. The number of methoxy groups -OCH3 is 1. The Labute approximate surface area is 236 Å². The molecule has 1 aliphatic heterocycles. The van der Waals surface area contributed by atoms with Crippen molar-refractivity contribution in [2.75, 3.05) is 18.6 Å². The molecule has 0 radical (unpaired) electrons. The van der Waals surface area contributed by atoms with Crippen LogP contribution in [0.1, 0.15) is 55.0 Å². The molecule has 0 saturated carbocycles. The highest BCUT2D eigenvalue weighted by molar-refractivity contribution is 7.99. The second-order valence-electron chi connectivity index (χ2n) is 9.72. The average Bonchev–Trinajstić information content (AvgIpc) is 3.15. The molecule has 1 saturated heterocycles. The number of carbonyl (C=O) groups excluding carboxylic acids is 1. The Hall–Kier alpha value is -3.43. The van der Waals surface area contributed by atoms with Crippen LogP contribution < -0.4 is 9.47 Å². The van der Waals surface area contributed by atoms with Crippen molar-refractivity contribution in [2.45, 2.75) is 64.6 Å². The minimum absolute atomic E-state index is 0.192. The molecule has 0 amide bonds. The topological polar surface area (TPSA) is 57.7 Å². The zero-order valence-electron chi connectivity index (χ0n) is 22.9. The summed E-state index contributed by atoms with van der Waals surface area (Å²) in [7, 11) is 1.42. The molecular formula is C33H37NO4S. The number of thioether (sulfide) groups is 1. The Bertz CT molecular complexity index is 1280. The minimum Gasteiger partial charge on any atom is -0.489 e. The van der Waals surface area contributed by atoms with Crippen LogP contribution in [0.5, 0.6) is 11.6 Å². The lowest BCUT2D eigenvalue weighted by Gasteiger charge is -2.22. The van der Waals surface area contributed by atoms with Gasteiger partial charge in [0.1, 0.15) is 18.5 Å². The van der Waals surface area contributed by atoms with Crippen LogP contribution in [0.15, 0.2) is 54.6 Å². The Morgan fingerprint density at radius 3 is 2.51 bits per heavy atom. The molecule has 1 aliphatic carbocycles. The molecule has 2 aromatic carbocycles. The zero-order valence-corrected chi connectivity index (χ0v) is 23.7. The average molecular weight is 544 g/mol. The van der Waals surface area contributed by atoms with Gasteiger partial charge in [0, 0.05) is 18.1 Å². The van der Waals surface area contributed by atoms with Crippen LogP contribution in [0, 0.1) is 12.3 Å². The Kier molecular flexibility index (Phi) is 10.7. The van der Waals surface area contributed by atoms with Gasteiger partial charge < -0.3 is 14.2 Å². The lowest BCUT2D eigenvalue weighted by Crippen LogP contribution is -2.22. The maximum absolute atomic E-state index is 11.4. The molecular weight excluding hydrogens is 506 g/mol. The molecule has 1 fully saturated rings. The van der Waals surface area contributed by atoms with Crippen LogP contribution in [-0.2, 0) is 35.4 Å². The van der Waals surface area contributed by atoms with Crippen molar-refractivity contribution >= 4 is 17.7 Å². The number of pyridine rings is 1. The highest BCUT2D eigenvalue weighted by Gasteiger charge is 2.20. The van der Waals surface area contributed by atoms with Crippen molar-refractivity contribution < 1.29 is 19.0 Å². The van der Waals surface area contributed by atoms with Crippen molar-refractivity contribution in [2.24, 2.45) is 0 Å². The molecule has 0 N–H and O–H groups in total. The summed E-state index contributed by atoms with van der Waals surface area (Å²) in [5.74, 6) is 5.99. The van der Waals surface area contributed by atoms with Gasteiger partial charge in [-0.2, -0.15) is 11.8 Å². The van der Waals surface area contributed by atoms with Crippen molar-refractivity contribution in [3.8, 4) is 35.1 Å². The summed E-state index contributed by atoms with van der Waals surface area (Å²) in [5.41, 5.74) is 7.20. The van der Waals surface area contributed by atoms with Gasteiger partial charge >= 0.3 is 5.97 Å². The first-order valence-corrected chi connectivity index (χ1v) is 14.8. The number of nitrogens with zero attached hydrogens (tertiary/aromatic N) is 1. The predicted molar refractivity (Wildman–Crippen MR) is 158 cm³/mol. The third-order valence-corrected chi connectivity index (χ3v) is 7.95. The first-order chi connectivity index (χ1) is 19.1. The number of carbonyl (C=O) groups is 1. The Morgan fingerprint density at radius 2 is 1.77 bits per heavy atom. The summed E-state index contributed by atoms with van der Waals surface area (Å²) < 4.78 is 17.0. The molecule has 0 spiro atoms. The van der Waals surface area contributed by atoms with Gasteiger partial charge in [0.15, 0.2) is 0 Å². The smallest absolute Gasteiger partial charge is 0.305 e. The molecule has 0 bridgehead atoms. The molecule has 1 aromatic heterocycles. The van der Waals surface area contributed by atoms with E-state index in [1.165, 1.54) is 35.3 Å². The van der Waals surface area contributed by atoms with Gasteiger partial charge in [0.2, 0.25) is 5.88 Å². The molecule has 39 heavy (non-hydrogen) atoms. The number of fused-ring (bicyclic) bond motifs is 3. The summed E-state index contributed by atoms with van der Waals surface area (Å²) in [5, 5.41) is 0. The van der Waals surface area contributed by atoms with Crippen molar-refractivity contribution in [3.05, 3.63) is 77.0 Å². The summed E-state index contributed by atoms with van der Waals surface area (Å²) in [6.45, 7) is 2.15. The number of hydrogen-bond acceptors (Lipinski definition) is 6. The third kappa shape index (κ3) is 8.28. The summed E-state index contributed by atoms with van der Waals surface area (Å²) in [4.78, 5) is 16.3. The number of ether oxygens (including phenoxy) is 3. The second-order valence-corrected chi connectivity index (χ2v) is 10.9. The van der Waals surface area contributed by atoms with E-state index in [1.807, 2.05) is 42.1 Å². The van der Waals surface area contributed by atoms with Gasteiger partial charge in [-0.15, -0.1) is 12.3 Å². The molecule has 2 heterocycles. The van der Waals surface area contributed by atoms with Gasteiger partial charge in [-0.05, 0) is 103 Å². The summed E-state index contributed by atoms with van der Waals surface area (Å²) in [6, 6.07) is 18.8. The highest BCUT2D eigenvalue weighted by Crippen LogP contribution is 2.34. The fraction of sp³-hybridized carbons (Fsp3) is 0.394.